The molecule has 1 aliphatic rings. The average Bonchev–Trinajstić information content (AvgIpc) is 2.68. The Morgan fingerprint density at radius 3 is 2.78 bits per heavy atom. The molecule has 0 bridgehead atoms. The molecule has 0 aromatic rings. The fourth-order valence-electron chi connectivity index (χ4n) is 2.54. The van der Waals surface area contributed by atoms with Gasteiger partial charge in [0.1, 0.15) is 5.54 Å². The number of carbonyl (C=O) groups is 1. The third-order valence-corrected chi connectivity index (χ3v) is 3.29. The average molecular weight is 258 g/mol. The van der Waals surface area contributed by atoms with E-state index in [4.69, 9.17) is 15.2 Å². The van der Waals surface area contributed by atoms with Crippen LogP contribution >= 0.6 is 0 Å². The van der Waals surface area contributed by atoms with Crippen molar-refractivity contribution in [2.75, 3.05) is 19.8 Å². The molecule has 0 heterocycles. The Hall–Kier alpha value is -0.650. The van der Waals surface area contributed by atoms with Gasteiger partial charge in [0.15, 0.2) is 0 Å². The summed E-state index contributed by atoms with van der Waals surface area (Å²) in [6.45, 7) is 7.89. The minimum Gasteiger partial charge on any atom is -0.379 e. The van der Waals surface area contributed by atoms with Gasteiger partial charge in [-0.3, -0.25) is 4.79 Å². The standard InChI is InChI=1S/C13H26N2O3/c1-4-17-7-8-18-11-5-6-13(9-11,12(14)16)15-10(2)3/h10-11,15H,4-9H2,1-3H3,(H2,14,16). The zero-order valence-electron chi connectivity index (χ0n) is 11.7. The van der Waals surface area contributed by atoms with Crippen LogP contribution in [-0.2, 0) is 14.3 Å². The summed E-state index contributed by atoms with van der Waals surface area (Å²) in [5.74, 6) is -0.271. The summed E-state index contributed by atoms with van der Waals surface area (Å²) >= 11 is 0. The van der Waals surface area contributed by atoms with E-state index in [0.717, 1.165) is 12.8 Å². The molecular weight excluding hydrogens is 232 g/mol. The highest BCUT2D eigenvalue weighted by Gasteiger charge is 2.44. The molecule has 0 saturated heterocycles. The molecule has 2 atom stereocenters. The highest BCUT2D eigenvalue weighted by molar-refractivity contribution is 5.85. The van der Waals surface area contributed by atoms with Crippen LogP contribution < -0.4 is 11.1 Å². The quantitative estimate of drug-likeness (QED) is 0.632. The number of rotatable bonds is 8. The molecule has 1 aliphatic carbocycles. The molecular formula is C13H26N2O3. The third-order valence-electron chi connectivity index (χ3n) is 3.29. The normalized spacial score (nSPS) is 27.9. The van der Waals surface area contributed by atoms with E-state index in [-0.39, 0.29) is 18.1 Å². The van der Waals surface area contributed by atoms with Crippen LogP contribution in [0.25, 0.3) is 0 Å². The first kappa shape index (κ1) is 15.4. The summed E-state index contributed by atoms with van der Waals surface area (Å²) < 4.78 is 10.9. The smallest absolute Gasteiger partial charge is 0.237 e. The zero-order valence-corrected chi connectivity index (χ0v) is 11.7. The van der Waals surface area contributed by atoms with Crippen LogP contribution in [0, 0.1) is 0 Å². The maximum atomic E-state index is 11.7. The lowest BCUT2D eigenvalue weighted by Crippen LogP contribution is -2.56. The molecule has 5 heteroatoms. The van der Waals surface area contributed by atoms with Gasteiger partial charge < -0.3 is 20.5 Å². The SMILES string of the molecule is CCOCCOC1CCC(NC(C)C)(C(N)=O)C1. The summed E-state index contributed by atoms with van der Waals surface area (Å²) in [4.78, 5) is 11.7. The van der Waals surface area contributed by atoms with Crippen LogP contribution in [-0.4, -0.2) is 43.4 Å². The van der Waals surface area contributed by atoms with Gasteiger partial charge in [-0.1, -0.05) is 0 Å². The van der Waals surface area contributed by atoms with Gasteiger partial charge in [0.05, 0.1) is 19.3 Å². The van der Waals surface area contributed by atoms with E-state index in [0.29, 0.717) is 26.2 Å². The van der Waals surface area contributed by atoms with Crippen molar-refractivity contribution in [3.63, 3.8) is 0 Å². The predicted molar refractivity (Wildman–Crippen MR) is 70.3 cm³/mol. The van der Waals surface area contributed by atoms with Gasteiger partial charge in [-0.25, -0.2) is 0 Å². The molecule has 1 rings (SSSR count). The van der Waals surface area contributed by atoms with E-state index in [1.807, 2.05) is 20.8 Å². The summed E-state index contributed by atoms with van der Waals surface area (Å²) in [7, 11) is 0. The van der Waals surface area contributed by atoms with Crippen LogP contribution in [0.5, 0.6) is 0 Å². The first-order valence-corrected chi connectivity index (χ1v) is 6.77. The van der Waals surface area contributed by atoms with Crippen molar-refractivity contribution in [1.29, 1.82) is 0 Å². The van der Waals surface area contributed by atoms with Crippen molar-refractivity contribution in [3.05, 3.63) is 0 Å². The zero-order chi connectivity index (χ0) is 13.6. The highest BCUT2D eigenvalue weighted by Crippen LogP contribution is 2.32. The van der Waals surface area contributed by atoms with Crippen molar-refractivity contribution >= 4 is 5.91 Å². The maximum Gasteiger partial charge on any atom is 0.237 e. The van der Waals surface area contributed by atoms with Crippen LogP contribution in [0.3, 0.4) is 0 Å². The van der Waals surface area contributed by atoms with Gasteiger partial charge in [0, 0.05) is 19.1 Å². The number of nitrogens with two attached hydrogens (primary N) is 1. The fraction of sp³-hybridized carbons (Fsp3) is 0.923. The maximum absolute atomic E-state index is 11.7. The van der Waals surface area contributed by atoms with E-state index in [1.54, 1.807) is 0 Å². The van der Waals surface area contributed by atoms with Crippen molar-refractivity contribution in [2.45, 2.75) is 57.7 Å². The summed E-state index contributed by atoms with van der Waals surface area (Å²) in [5, 5.41) is 3.30. The molecule has 2 unspecified atom stereocenters. The molecule has 1 amide bonds. The van der Waals surface area contributed by atoms with Crippen LogP contribution in [0.15, 0.2) is 0 Å². The van der Waals surface area contributed by atoms with Gasteiger partial charge in [0.25, 0.3) is 0 Å². The molecule has 0 radical (unpaired) electrons. The highest BCUT2D eigenvalue weighted by atomic mass is 16.5. The second-order valence-electron chi connectivity index (χ2n) is 5.18. The molecule has 0 spiro atoms. The Balaban J connectivity index is 2.42. The van der Waals surface area contributed by atoms with E-state index >= 15 is 0 Å². The van der Waals surface area contributed by atoms with Crippen molar-refractivity contribution in [1.82, 2.24) is 5.32 Å². The predicted octanol–water partition coefficient (Wildman–Crippen LogP) is 0.814. The molecule has 0 aromatic heterocycles. The van der Waals surface area contributed by atoms with E-state index in [2.05, 4.69) is 5.32 Å². The summed E-state index contributed by atoms with van der Waals surface area (Å²) in [5.41, 5.74) is 4.95. The second kappa shape index (κ2) is 7.07. The molecule has 0 aromatic carbocycles. The minimum atomic E-state index is -0.593. The van der Waals surface area contributed by atoms with Crippen molar-refractivity contribution < 1.29 is 14.3 Å². The molecule has 1 fully saturated rings. The Labute approximate surface area is 109 Å². The van der Waals surface area contributed by atoms with Gasteiger partial charge in [-0.2, -0.15) is 0 Å². The molecule has 18 heavy (non-hydrogen) atoms. The first-order chi connectivity index (χ1) is 8.50. The number of amides is 1. The summed E-state index contributed by atoms with van der Waals surface area (Å²) in [6.07, 6.45) is 2.38. The fourth-order valence-corrected chi connectivity index (χ4v) is 2.54. The van der Waals surface area contributed by atoms with Crippen molar-refractivity contribution in [3.8, 4) is 0 Å². The molecule has 0 aliphatic heterocycles. The van der Waals surface area contributed by atoms with Gasteiger partial charge in [-0.05, 0) is 33.6 Å². The lowest BCUT2D eigenvalue weighted by Gasteiger charge is -2.29. The number of hydrogen-bond acceptors (Lipinski definition) is 4. The number of nitrogens with one attached hydrogen (secondary N) is 1. The monoisotopic (exact) mass is 258 g/mol. The Bertz CT molecular complexity index is 271. The van der Waals surface area contributed by atoms with E-state index in [9.17, 15) is 4.79 Å². The van der Waals surface area contributed by atoms with E-state index < -0.39 is 5.54 Å². The number of carbonyl (C=O) groups excluding carboxylic acids is 1. The van der Waals surface area contributed by atoms with E-state index in [1.165, 1.54) is 0 Å². The minimum absolute atomic E-state index is 0.101. The molecule has 106 valence electrons. The van der Waals surface area contributed by atoms with Crippen LogP contribution in [0.2, 0.25) is 0 Å². The first-order valence-electron chi connectivity index (χ1n) is 6.77. The Kier molecular flexibility index (Phi) is 6.05. The van der Waals surface area contributed by atoms with Crippen LogP contribution in [0.1, 0.15) is 40.0 Å². The van der Waals surface area contributed by atoms with Gasteiger partial charge in [-0.15, -0.1) is 0 Å². The Morgan fingerprint density at radius 2 is 2.22 bits per heavy atom. The molecule has 1 saturated carbocycles. The largest absolute Gasteiger partial charge is 0.379 e. The van der Waals surface area contributed by atoms with Gasteiger partial charge >= 0.3 is 0 Å². The van der Waals surface area contributed by atoms with Gasteiger partial charge in [0.2, 0.25) is 5.91 Å². The number of ether oxygens (including phenoxy) is 2. The lowest BCUT2D eigenvalue weighted by molar-refractivity contribution is -0.125. The Morgan fingerprint density at radius 1 is 1.50 bits per heavy atom. The molecule has 5 nitrogen and oxygen atoms in total. The summed E-state index contributed by atoms with van der Waals surface area (Å²) in [6, 6.07) is 0.236. The second-order valence-corrected chi connectivity index (χ2v) is 5.18. The lowest BCUT2D eigenvalue weighted by atomic mass is 9.95. The molecule has 3 N–H and O–H groups in total. The van der Waals surface area contributed by atoms with Crippen molar-refractivity contribution in [2.24, 2.45) is 5.73 Å². The topological polar surface area (TPSA) is 73.6 Å². The number of primary amides is 1. The third kappa shape index (κ3) is 4.23. The number of hydrogen-bond donors (Lipinski definition) is 2. The van der Waals surface area contributed by atoms with Crippen LogP contribution in [0.4, 0.5) is 0 Å².